The largest absolute Gasteiger partial charge is 0.493 e. The molecule has 2 aromatic carbocycles. The van der Waals surface area contributed by atoms with Crippen LogP contribution in [-0.4, -0.2) is 43.1 Å². The monoisotopic (exact) mass is 450 g/mol. The van der Waals surface area contributed by atoms with Gasteiger partial charge in [0, 0.05) is 6.61 Å². The average Bonchev–Trinajstić information content (AvgIpc) is 2.76. The third-order valence-corrected chi connectivity index (χ3v) is 5.54. The number of carboxylic acids is 1. The van der Waals surface area contributed by atoms with Crippen LogP contribution in [0.1, 0.15) is 60.2 Å². The lowest BCUT2D eigenvalue weighted by Crippen LogP contribution is -2.18. The molecule has 0 aliphatic carbocycles. The van der Waals surface area contributed by atoms with E-state index in [0.717, 1.165) is 43.2 Å². The molecule has 0 fully saturated rings. The number of aryl methyl sites for hydroxylation is 1. The molecular weight excluding hydrogens is 420 g/mol. The summed E-state index contributed by atoms with van der Waals surface area (Å²) in [6, 6.07) is 10.3. The number of hydrogen-bond acceptors (Lipinski definition) is 5. The third-order valence-electron chi connectivity index (χ3n) is 5.13. The number of halogens is 1. The predicted octanol–water partition coefficient (Wildman–Crippen LogP) is 5.30. The first-order chi connectivity index (χ1) is 14.9. The van der Waals surface area contributed by atoms with Crippen molar-refractivity contribution in [3.05, 3.63) is 58.1 Å². The highest BCUT2D eigenvalue weighted by Crippen LogP contribution is 2.37. The topological polar surface area (TPSA) is 85.2 Å². The summed E-state index contributed by atoms with van der Waals surface area (Å²) in [7, 11) is 3.16. The Bertz CT molecular complexity index is 835. The van der Waals surface area contributed by atoms with Gasteiger partial charge in [0.05, 0.1) is 30.9 Å². The zero-order valence-electron chi connectivity index (χ0n) is 18.3. The second kappa shape index (κ2) is 12.5. The van der Waals surface area contributed by atoms with Crippen LogP contribution < -0.4 is 9.47 Å². The molecule has 2 atom stereocenters. The number of aliphatic hydroxyl groups is 1. The SMILES string of the molecule is COc1ccc(CCCCCCOC(c2ccc(C(=O)O)cc2)C(C)O)c(Cl)c1OC. The van der Waals surface area contributed by atoms with Crippen LogP contribution in [0.5, 0.6) is 11.5 Å². The standard InChI is InChI=1S/C24H31ClO6/c1-16(26)22(18-9-11-19(12-10-18)24(27)28)31-15-7-5-4-6-8-17-13-14-20(29-2)23(30-3)21(17)25/h9-14,16,22,26H,4-8,15H2,1-3H3,(H,27,28). The van der Waals surface area contributed by atoms with Crippen LogP contribution in [0.4, 0.5) is 0 Å². The van der Waals surface area contributed by atoms with Gasteiger partial charge in [0.25, 0.3) is 0 Å². The van der Waals surface area contributed by atoms with E-state index in [9.17, 15) is 9.90 Å². The van der Waals surface area contributed by atoms with Crippen molar-refractivity contribution in [2.24, 2.45) is 0 Å². The van der Waals surface area contributed by atoms with Crippen molar-refractivity contribution < 1.29 is 29.2 Å². The Labute approximate surface area is 188 Å². The van der Waals surface area contributed by atoms with Gasteiger partial charge in [0.1, 0.15) is 6.10 Å². The summed E-state index contributed by atoms with van der Waals surface area (Å²) in [5.41, 5.74) is 2.01. The van der Waals surface area contributed by atoms with Gasteiger partial charge in [0.2, 0.25) is 0 Å². The van der Waals surface area contributed by atoms with Gasteiger partial charge in [-0.3, -0.25) is 0 Å². The molecule has 0 aliphatic rings. The van der Waals surface area contributed by atoms with Crippen LogP contribution in [0.2, 0.25) is 5.02 Å². The first-order valence-electron chi connectivity index (χ1n) is 10.4. The highest BCUT2D eigenvalue weighted by Gasteiger charge is 2.18. The van der Waals surface area contributed by atoms with Crippen molar-refractivity contribution in [2.75, 3.05) is 20.8 Å². The quantitative estimate of drug-likeness (QED) is 0.403. The van der Waals surface area contributed by atoms with Gasteiger partial charge in [0.15, 0.2) is 11.5 Å². The van der Waals surface area contributed by atoms with Crippen molar-refractivity contribution >= 4 is 17.6 Å². The van der Waals surface area contributed by atoms with Crippen molar-refractivity contribution in [2.45, 2.75) is 51.2 Å². The number of methoxy groups -OCH3 is 2. The summed E-state index contributed by atoms with van der Waals surface area (Å²) in [6.07, 6.45) is 3.57. The summed E-state index contributed by atoms with van der Waals surface area (Å²) < 4.78 is 16.5. The first kappa shape index (κ1) is 25.0. The minimum atomic E-state index is -0.976. The zero-order chi connectivity index (χ0) is 22.8. The Morgan fingerprint density at radius 3 is 2.26 bits per heavy atom. The maximum Gasteiger partial charge on any atom is 0.335 e. The fraction of sp³-hybridized carbons (Fsp3) is 0.458. The van der Waals surface area contributed by atoms with Gasteiger partial charge in [-0.25, -0.2) is 4.79 Å². The summed E-state index contributed by atoms with van der Waals surface area (Å²) in [5.74, 6) is 0.213. The van der Waals surface area contributed by atoms with Crippen molar-refractivity contribution in [1.29, 1.82) is 0 Å². The molecule has 0 spiro atoms. The molecule has 0 radical (unpaired) electrons. The number of aromatic carboxylic acids is 1. The summed E-state index contributed by atoms with van der Waals surface area (Å²) >= 11 is 6.42. The number of unbranched alkanes of at least 4 members (excludes halogenated alkanes) is 3. The van der Waals surface area contributed by atoms with Crippen LogP contribution in [0, 0.1) is 0 Å². The molecule has 0 bridgehead atoms. The van der Waals surface area contributed by atoms with Crippen molar-refractivity contribution in [1.82, 2.24) is 0 Å². The second-order valence-corrected chi connectivity index (χ2v) is 7.78. The normalized spacial score (nSPS) is 12.9. The average molecular weight is 451 g/mol. The van der Waals surface area contributed by atoms with Gasteiger partial charge in [-0.1, -0.05) is 42.6 Å². The summed E-state index contributed by atoms with van der Waals surface area (Å²) in [4.78, 5) is 11.0. The number of carboxylic acid groups (broad SMARTS) is 1. The minimum Gasteiger partial charge on any atom is -0.493 e. The molecule has 31 heavy (non-hydrogen) atoms. The van der Waals surface area contributed by atoms with E-state index in [-0.39, 0.29) is 5.56 Å². The van der Waals surface area contributed by atoms with E-state index >= 15 is 0 Å². The van der Waals surface area contributed by atoms with E-state index in [0.29, 0.717) is 23.1 Å². The van der Waals surface area contributed by atoms with E-state index in [1.807, 2.05) is 12.1 Å². The van der Waals surface area contributed by atoms with E-state index in [1.165, 1.54) is 12.1 Å². The van der Waals surface area contributed by atoms with Gasteiger partial charge in [-0.05, 0) is 55.5 Å². The lowest BCUT2D eigenvalue weighted by atomic mass is 10.0. The molecule has 2 unspecified atom stereocenters. The Balaban J connectivity index is 1.75. The molecule has 0 aliphatic heterocycles. The molecule has 0 aromatic heterocycles. The second-order valence-electron chi connectivity index (χ2n) is 7.40. The van der Waals surface area contributed by atoms with E-state index in [4.69, 9.17) is 30.9 Å². The Morgan fingerprint density at radius 1 is 1.00 bits per heavy atom. The molecule has 0 saturated heterocycles. The summed E-state index contributed by atoms with van der Waals surface area (Å²) in [5, 5.41) is 19.6. The Hall–Kier alpha value is -2.28. The van der Waals surface area contributed by atoms with Crippen LogP contribution in [-0.2, 0) is 11.2 Å². The molecule has 170 valence electrons. The van der Waals surface area contributed by atoms with Gasteiger partial charge in [-0.2, -0.15) is 0 Å². The van der Waals surface area contributed by atoms with Crippen LogP contribution in [0.3, 0.4) is 0 Å². The predicted molar refractivity (Wildman–Crippen MR) is 121 cm³/mol. The molecule has 0 saturated carbocycles. The Kier molecular flexibility index (Phi) is 10.1. The van der Waals surface area contributed by atoms with Crippen molar-refractivity contribution in [3.63, 3.8) is 0 Å². The number of hydrogen-bond donors (Lipinski definition) is 2. The molecule has 6 nitrogen and oxygen atoms in total. The highest BCUT2D eigenvalue weighted by molar-refractivity contribution is 6.33. The van der Waals surface area contributed by atoms with Gasteiger partial charge in [-0.15, -0.1) is 0 Å². The highest BCUT2D eigenvalue weighted by atomic mass is 35.5. The maximum absolute atomic E-state index is 11.0. The first-order valence-corrected chi connectivity index (χ1v) is 10.8. The van der Waals surface area contributed by atoms with Crippen LogP contribution in [0.15, 0.2) is 36.4 Å². The minimum absolute atomic E-state index is 0.211. The fourth-order valence-electron chi connectivity index (χ4n) is 3.43. The number of rotatable bonds is 13. The number of ether oxygens (including phenoxy) is 3. The van der Waals surface area contributed by atoms with E-state index in [1.54, 1.807) is 33.3 Å². The third kappa shape index (κ3) is 7.13. The molecule has 2 rings (SSSR count). The number of benzene rings is 2. The molecule has 2 N–H and O–H groups in total. The van der Waals surface area contributed by atoms with Crippen LogP contribution in [0.25, 0.3) is 0 Å². The lowest BCUT2D eigenvalue weighted by molar-refractivity contribution is -0.0325. The fourth-order valence-corrected chi connectivity index (χ4v) is 3.76. The van der Waals surface area contributed by atoms with Crippen LogP contribution >= 0.6 is 11.6 Å². The maximum atomic E-state index is 11.0. The smallest absolute Gasteiger partial charge is 0.335 e. The molecule has 0 heterocycles. The lowest BCUT2D eigenvalue weighted by Gasteiger charge is -2.21. The van der Waals surface area contributed by atoms with Gasteiger partial charge >= 0.3 is 5.97 Å². The molecular formula is C24H31ClO6. The zero-order valence-corrected chi connectivity index (χ0v) is 19.0. The summed E-state index contributed by atoms with van der Waals surface area (Å²) in [6.45, 7) is 2.19. The van der Waals surface area contributed by atoms with E-state index < -0.39 is 18.2 Å². The van der Waals surface area contributed by atoms with E-state index in [2.05, 4.69) is 0 Å². The van der Waals surface area contributed by atoms with Gasteiger partial charge < -0.3 is 24.4 Å². The Morgan fingerprint density at radius 2 is 1.68 bits per heavy atom. The molecule has 2 aromatic rings. The number of carbonyl (C=O) groups is 1. The molecule has 7 heteroatoms. The van der Waals surface area contributed by atoms with Crippen molar-refractivity contribution in [3.8, 4) is 11.5 Å². The molecule has 0 amide bonds. The number of aliphatic hydroxyl groups excluding tert-OH is 1.